The first-order valence-corrected chi connectivity index (χ1v) is 6.03. The first-order chi connectivity index (χ1) is 7.53. The Morgan fingerprint density at radius 2 is 2.12 bits per heavy atom. The van der Waals surface area contributed by atoms with Crippen LogP contribution in [0, 0.1) is 5.92 Å². The average molecular weight is 225 g/mol. The molecule has 1 N–H and O–H groups in total. The van der Waals surface area contributed by atoms with E-state index in [1.54, 1.807) is 6.92 Å². The standard InChI is InChI=1S/C12H19NO3/c1-9(14)13-6-3-10(7-11(15)16)8-12(13)4-2-5-12/h10H,2-8H2,1H3,(H,15,16). The molecular formula is C12H19NO3. The first-order valence-electron chi connectivity index (χ1n) is 6.03. The molecule has 4 nitrogen and oxygen atoms in total. The third-order valence-electron chi connectivity index (χ3n) is 4.13. The Morgan fingerprint density at radius 3 is 2.56 bits per heavy atom. The Morgan fingerprint density at radius 1 is 1.44 bits per heavy atom. The molecule has 1 heterocycles. The summed E-state index contributed by atoms with van der Waals surface area (Å²) < 4.78 is 0. The lowest BCUT2D eigenvalue weighted by atomic mass is 9.66. The van der Waals surface area contributed by atoms with Crippen molar-refractivity contribution in [3.05, 3.63) is 0 Å². The summed E-state index contributed by atoms with van der Waals surface area (Å²) in [6.07, 6.45) is 5.27. The maximum atomic E-state index is 11.5. The summed E-state index contributed by atoms with van der Waals surface area (Å²) in [6, 6.07) is 0. The van der Waals surface area contributed by atoms with Gasteiger partial charge in [0, 0.05) is 25.4 Å². The minimum absolute atomic E-state index is 0.0181. The van der Waals surface area contributed by atoms with E-state index < -0.39 is 5.97 Å². The second kappa shape index (κ2) is 4.07. The van der Waals surface area contributed by atoms with E-state index in [0.29, 0.717) is 0 Å². The number of amides is 1. The fraction of sp³-hybridized carbons (Fsp3) is 0.833. The molecular weight excluding hydrogens is 206 g/mol. The fourth-order valence-corrected chi connectivity index (χ4v) is 3.27. The highest BCUT2D eigenvalue weighted by Gasteiger charge is 2.47. The maximum Gasteiger partial charge on any atom is 0.303 e. The van der Waals surface area contributed by atoms with Crippen LogP contribution < -0.4 is 0 Å². The lowest BCUT2D eigenvalue weighted by molar-refractivity contribution is -0.146. The third-order valence-corrected chi connectivity index (χ3v) is 4.13. The average Bonchev–Trinajstić information content (AvgIpc) is 2.13. The van der Waals surface area contributed by atoms with Gasteiger partial charge in [-0.05, 0) is 38.0 Å². The van der Waals surface area contributed by atoms with Crippen LogP contribution in [0.1, 0.15) is 45.4 Å². The molecule has 0 aromatic heterocycles. The molecule has 0 aromatic rings. The summed E-state index contributed by atoms with van der Waals surface area (Å²) in [6.45, 7) is 2.37. The molecule has 1 saturated carbocycles. The number of carboxylic acid groups (broad SMARTS) is 1. The summed E-state index contributed by atoms with van der Waals surface area (Å²) >= 11 is 0. The number of aliphatic carboxylic acids is 1. The minimum atomic E-state index is -0.712. The minimum Gasteiger partial charge on any atom is -0.481 e. The first kappa shape index (κ1) is 11.4. The van der Waals surface area contributed by atoms with Crippen molar-refractivity contribution in [2.75, 3.05) is 6.54 Å². The number of piperidine rings is 1. The summed E-state index contributed by atoms with van der Waals surface area (Å²) in [5.74, 6) is -0.308. The second-order valence-corrected chi connectivity index (χ2v) is 5.21. The highest BCUT2D eigenvalue weighted by Crippen LogP contribution is 2.46. The van der Waals surface area contributed by atoms with E-state index in [4.69, 9.17) is 5.11 Å². The van der Waals surface area contributed by atoms with Crippen molar-refractivity contribution < 1.29 is 14.7 Å². The Labute approximate surface area is 95.6 Å². The molecule has 1 amide bonds. The number of carbonyl (C=O) groups is 2. The van der Waals surface area contributed by atoms with Gasteiger partial charge in [0.25, 0.3) is 0 Å². The van der Waals surface area contributed by atoms with Crippen molar-refractivity contribution in [3.8, 4) is 0 Å². The number of nitrogens with zero attached hydrogens (tertiary/aromatic N) is 1. The highest BCUT2D eigenvalue weighted by atomic mass is 16.4. The SMILES string of the molecule is CC(=O)N1CCC(CC(=O)O)CC12CCC2. The molecule has 1 unspecified atom stereocenters. The smallest absolute Gasteiger partial charge is 0.303 e. The van der Waals surface area contributed by atoms with E-state index in [9.17, 15) is 9.59 Å². The largest absolute Gasteiger partial charge is 0.481 e. The van der Waals surface area contributed by atoms with Crippen LogP contribution in [0.3, 0.4) is 0 Å². The Kier molecular flexibility index (Phi) is 2.91. The number of rotatable bonds is 2. The molecule has 2 rings (SSSR count). The molecule has 2 fully saturated rings. The van der Waals surface area contributed by atoms with Gasteiger partial charge in [0.1, 0.15) is 0 Å². The van der Waals surface area contributed by atoms with Crippen molar-refractivity contribution in [2.45, 2.75) is 51.0 Å². The number of likely N-dealkylation sites (tertiary alicyclic amines) is 1. The Balaban J connectivity index is 2.04. The highest BCUT2D eigenvalue weighted by molar-refractivity contribution is 5.74. The van der Waals surface area contributed by atoms with Crippen LogP contribution in [0.15, 0.2) is 0 Å². The van der Waals surface area contributed by atoms with Crippen molar-refractivity contribution in [2.24, 2.45) is 5.92 Å². The van der Waals surface area contributed by atoms with Crippen LogP contribution >= 0.6 is 0 Å². The number of carboxylic acids is 1. The predicted molar refractivity (Wildman–Crippen MR) is 58.9 cm³/mol. The van der Waals surface area contributed by atoms with E-state index in [1.807, 2.05) is 4.90 Å². The van der Waals surface area contributed by atoms with Crippen molar-refractivity contribution in [1.82, 2.24) is 4.90 Å². The van der Waals surface area contributed by atoms with Crippen LogP contribution in [-0.4, -0.2) is 34.0 Å². The normalized spacial score (nSPS) is 27.6. The molecule has 16 heavy (non-hydrogen) atoms. The zero-order valence-corrected chi connectivity index (χ0v) is 9.74. The predicted octanol–water partition coefficient (Wildman–Crippen LogP) is 1.64. The molecule has 90 valence electrons. The molecule has 1 atom stereocenters. The van der Waals surface area contributed by atoms with E-state index >= 15 is 0 Å². The molecule has 1 spiro atoms. The van der Waals surface area contributed by atoms with Gasteiger partial charge < -0.3 is 10.0 Å². The topological polar surface area (TPSA) is 57.6 Å². The summed E-state index contributed by atoms with van der Waals surface area (Å²) in [5, 5.41) is 8.82. The van der Waals surface area contributed by atoms with Gasteiger partial charge in [-0.3, -0.25) is 9.59 Å². The van der Waals surface area contributed by atoms with Gasteiger partial charge >= 0.3 is 5.97 Å². The Bertz CT molecular complexity index is 309. The summed E-state index contributed by atoms with van der Waals surface area (Å²) in [4.78, 5) is 24.2. The van der Waals surface area contributed by atoms with E-state index in [2.05, 4.69) is 0 Å². The van der Waals surface area contributed by atoms with Crippen molar-refractivity contribution in [3.63, 3.8) is 0 Å². The lowest BCUT2D eigenvalue weighted by Crippen LogP contribution is -2.59. The lowest BCUT2D eigenvalue weighted by Gasteiger charge is -2.55. The van der Waals surface area contributed by atoms with Crippen molar-refractivity contribution in [1.29, 1.82) is 0 Å². The van der Waals surface area contributed by atoms with Gasteiger partial charge in [-0.25, -0.2) is 0 Å². The Hall–Kier alpha value is -1.06. The van der Waals surface area contributed by atoms with Crippen LogP contribution in [0.4, 0.5) is 0 Å². The molecule has 2 aliphatic rings. The summed E-state index contributed by atoms with van der Waals surface area (Å²) in [7, 11) is 0. The molecule has 4 heteroatoms. The number of carbonyl (C=O) groups excluding carboxylic acids is 1. The second-order valence-electron chi connectivity index (χ2n) is 5.21. The third kappa shape index (κ3) is 1.93. The monoisotopic (exact) mass is 225 g/mol. The van der Waals surface area contributed by atoms with Crippen LogP contribution in [0.5, 0.6) is 0 Å². The van der Waals surface area contributed by atoms with Gasteiger partial charge in [0.2, 0.25) is 5.91 Å². The van der Waals surface area contributed by atoms with Gasteiger partial charge in [-0.15, -0.1) is 0 Å². The molecule has 0 radical (unpaired) electrons. The summed E-state index contributed by atoms with van der Waals surface area (Å²) in [5.41, 5.74) is 0.0181. The molecule has 0 aromatic carbocycles. The van der Waals surface area contributed by atoms with Gasteiger partial charge in [0.15, 0.2) is 0 Å². The number of hydrogen-bond donors (Lipinski definition) is 1. The molecule has 0 bridgehead atoms. The molecule has 1 saturated heterocycles. The fourth-order valence-electron chi connectivity index (χ4n) is 3.27. The molecule has 1 aliphatic heterocycles. The zero-order valence-electron chi connectivity index (χ0n) is 9.74. The maximum absolute atomic E-state index is 11.5. The van der Waals surface area contributed by atoms with Crippen LogP contribution in [-0.2, 0) is 9.59 Å². The molecule has 1 aliphatic carbocycles. The van der Waals surface area contributed by atoms with E-state index in [1.165, 1.54) is 6.42 Å². The van der Waals surface area contributed by atoms with Gasteiger partial charge in [0.05, 0.1) is 0 Å². The van der Waals surface area contributed by atoms with E-state index in [-0.39, 0.29) is 23.8 Å². The van der Waals surface area contributed by atoms with Crippen molar-refractivity contribution >= 4 is 11.9 Å². The van der Waals surface area contributed by atoms with Gasteiger partial charge in [-0.2, -0.15) is 0 Å². The van der Waals surface area contributed by atoms with Crippen LogP contribution in [0.2, 0.25) is 0 Å². The zero-order chi connectivity index (χ0) is 11.8. The van der Waals surface area contributed by atoms with Gasteiger partial charge in [-0.1, -0.05) is 0 Å². The van der Waals surface area contributed by atoms with Crippen LogP contribution in [0.25, 0.3) is 0 Å². The quantitative estimate of drug-likeness (QED) is 0.777. The number of hydrogen-bond acceptors (Lipinski definition) is 2. The van der Waals surface area contributed by atoms with E-state index in [0.717, 1.165) is 32.2 Å².